The maximum atomic E-state index is 11.4. The summed E-state index contributed by atoms with van der Waals surface area (Å²) in [5.41, 5.74) is 3.27. The van der Waals surface area contributed by atoms with Gasteiger partial charge in [0.05, 0.1) is 18.9 Å². The Hall–Kier alpha value is -2.60. The molecule has 5 nitrogen and oxygen atoms in total. The third-order valence-corrected chi connectivity index (χ3v) is 5.24. The van der Waals surface area contributed by atoms with Crippen LogP contribution in [0.2, 0.25) is 0 Å². The summed E-state index contributed by atoms with van der Waals surface area (Å²) in [4.78, 5) is 11.4. The molecule has 0 saturated heterocycles. The van der Waals surface area contributed by atoms with E-state index in [1.54, 1.807) is 0 Å². The van der Waals surface area contributed by atoms with Crippen molar-refractivity contribution in [3.8, 4) is 5.75 Å². The van der Waals surface area contributed by atoms with Gasteiger partial charge in [0, 0.05) is 30.6 Å². The largest absolute Gasteiger partial charge is 0.493 e. The summed E-state index contributed by atoms with van der Waals surface area (Å²) in [7, 11) is 1.84. The molecular formula is C25H31BrN2O3. The van der Waals surface area contributed by atoms with Crippen LogP contribution in [0.15, 0.2) is 64.8 Å². The maximum Gasteiger partial charge on any atom is 0.305 e. The second-order valence-corrected chi connectivity index (χ2v) is 8.00. The van der Waals surface area contributed by atoms with E-state index in [1.165, 1.54) is 0 Å². The molecular weight excluding hydrogens is 456 g/mol. The van der Waals surface area contributed by atoms with Gasteiger partial charge in [-0.2, -0.15) is 0 Å². The van der Waals surface area contributed by atoms with Gasteiger partial charge < -0.3 is 14.8 Å². The smallest absolute Gasteiger partial charge is 0.305 e. The fraction of sp³-hybridized carbons (Fsp3) is 0.360. The van der Waals surface area contributed by atoms with Gasteiger partial charge in [0.2, 0.25) is 0 Å². The van der Waals surface area contributed by atoms with E-state index in [2.05, 4.69) is 21.2 Å². The van der Waals surface area contributed by atoms with E-state index in [0.29, 0.717) is 31.8 Å². The van der Waals surface area contributed by atoms with Crippen LogP contribution >= 0.6 is 15.9 Å². The summed E-state index contributed by atoms with van der Waals surface area (Å²) < 4.78 is 12.0. The number of carbonyl (C=O) groups excluding carboxylic acids is 1. The van der Waals surface area contributed by atoms with Crippen molar-refractivity contribution in [3.05, 3.63) is 75.9 Å². The molecule has 0 aliphatic heterocycles. The van der Waals surface area contributed by atoms with Gasteiger partial charge in [-0.3, -0.25) is 10.2 Å². The van der Waals surface area contributed by atoms with Gasteiger partial charge in [0.25, 0.3) is 0 Å². The van der Waals surface area contributed by atoms with E-state index in [4.69, 9.17) is 14.9 Å². The number of ether oxygens (including phenoxy) is 2. The lowest BCUT2D eigenvalue weighted by Gasteiger charge is -2.14. The SMILES string of the molecule is CCOC(=O)CCCCCOc1ccccc1C/C(=C/NC)C(=N)c1ccc(Br)cc1. The fourth-order valence-corrected chi connectivity index (χ4v) is 3.41. The van der Waals surface area contributed by atoms with Crippen molar-refractivity contribution in [2.45, 2.75) is 39.0 Å². The number of unbranched alkanes of at least 4 members (excludes halogenated alkanes) is 2. The molecule has 0 unspecified atom stereocenters. The van der Waals surface area contributed by atoms with E-state index >= 15 is 0 Å². The third kappa shape index (κ3) is 8.58. The first-order valence-corrected chi connectivity index (χ1v) is 11.4. The Morgan fingerprint density at radius 2 is 1.84 bits per heavy atom. The highest BCUT2D eigenvalue weighted by Gasteiger charge is 2.12. The first-order chi connectivity index (χ1) is 15.0. The summed E-state index contributed by atoms with van der Waals surface area (Å²) in [5.74, 6) is 0.698. The number of rotatable bonds is 13. The number of nitrogens with one attached hydrogen (secondary N) is 2. The van der Waals surface area contributed by atoms with Crippen molar-refractivity contribution in [1.82, 2.24) is 5.32 Å². The molecule has 2 aromatic carbocycles. The minimum atomic E-state index is -0.133. The standard InChI is InChI=1S/C25H31BrN2O3/c1-3-30-24(29)11-5-4-8-16-31-23-10-7-6-9-20(23)17-21(18-28-2)25(27)19-12-14-22(26)15-13-19/h6-7,9-10,12-15,18,27-28H,3-5,8,11,16-17H2,1-2H3/b21-18-,27-25?. The second-order valence-electron chi connectivity index (χ2n) is 7.09. The van der Waals surface area contributed by atoms with Crippen molar-refractivity contribution < 1.29 is 14.3 Å². The zero-order chi connectivity index (χ0) is 22.5. The zero-order valence-corrected chi connectivity index (χ0v) is 19.8. The van der Waals surface area contributed by atoms with Gasteiger partial charge in [-0.05, 0) is 61.1 Å². The lowest BCUT2D eigenvalue weighted by molar-refractivity contribution is -0.143. The fourth-order valence-electron chi connectivity index (χ4n) is 3.15. The van der Waals surface area contributed by atoms with E-state index in [1.807, 2.05) is 68.7 Å². The summed E-state index contributed by atoms with van der Waals surface area (Å²) in [6.45, 7) is 2.85. The molecule has 6 heteroatoms. The molecule has 2 rings (SSSR count). The van der Waals surface area contributed by atoms with Gasteiger partial charge in [0.1, 0.15) is 5.75 Å². The van der Waals surface area contributed by atoms with Crippen LogP contribution in [-0.2, 0) is 16.0 Å². The predicted molar refractivity (Wildman–Crippen MR) is 129 cm³/mol. The molecule has 0 fully saturated rings. The summed E-state index contributed by atoms with van der Waals surface area (Å²) in [6.07, 6.45) is 5.52. The van der Waals surface area contributed by atoms with Gasteiger partial charge in [-0.15, -0.1) is 0 Å². The maximum absolute atomic E-state index is 11.4. The van der Waals surface area contributed by atoms with E-state index in [9.17, 15) is 4.79 Å². The van der Waals surface area contributed by atoms with Crippen LogP contribution in [0.3, 0.4) is 0 Å². The summed E-state index contributed by atoms with van der Waals surface area (Å²) >= 11 is 3.44. The molecule has 0 bridgehead atoms. The predicted octanol–water partition coefficient (Wildman–Crippen LogP) is 5.67. The highest BCUT2D eigenvalue weighted by molar-refractivity contribution is 9.10. The van der Waals surface area contributed by atoms with Crippen molar-refractivity contribution >= 4 is 27.6 Å². The molecule has 2 N–H and O–H groups in total. The number of benzene rings is 2. The lowest BCUT2D eigenvalue weighted by Crippen LogP contribution is -2.11. The normalized spacial score (nSPS) is 11.1. The number of allylic oxidation sites excluding steroid dienone is 1. The van der Waals surface area contributed by atoms with Crippen LogP contribution in [0.1, 0.15) is 43.7 Å². The highest BCUT2D eigenvalue weighted by atomic mass is 79.9. The molecule has 2 aromatic rings. The van der Waals surface area contributed by atoms with Crippen LogP contribution < -0.4 is 10.1 Å². The molecule has 166 valence electrons. The molecule has 0 amide bonds. The first kappa shape index (κ1) is 24.7. The second kappa shape index (κ2) is 13.7. The quantitative estimate of drug-likeness (QED) is 0.217. The van der Waals surface area contributed by atoms with E-state index < -0.39 is 0 Å². The molecule has 31 heavy (non-hydrogen) atoms. The number of para-hydroxylation sites is 1. The molecule has 0 aliphatic carbocycles. The summed E-state index contributed by atoms with van der Waals surface area (Å²) in [5, 5.41) is 11.7. The van der Waals surface area contributed by atoms with Crippen LogP contribution in [0.4, 0.5) is 0 Å². The zero-order valence-electron chi connectivity index (χ0n) is 18.2. The van der Waals surface area contributed by atoms with Crippen molar-refractivity contribution in [2.75, 3.05) is 20.3 Å². The highest BCUT2D eigenvalue weighted by Crippen LogP contribution is 2.24. The molecule has 0 aliphatic rings. The number of hydrogen-bond donors (Lipinski definition) is 2. The van der Waals surface area contributed by atoms with Crippen LogP contribution in [0.25, 0.3) is 0 Å². The van der Waals surface area contributed by atoms with Gasteiger partial charge in [-0.1, -0.05) is 46.3 Å². The van der Waals surface area contributed by atoms with Crippen LogP contribution in [0.5, 0.6) is 5.75 Å². The average Bonchev–Trinajstić information content (AvgIpc) is 2.77. The van der Waals surface area contributed by atoms with E-state index in [-0.39, 0.29) is 5.97 Å². The Morgan fingerprint density at radius 1 is 1.10 bits per heavy atom. The van der Waals surface area contributed by atoms with Crippen LogP contribution in [-0.4, -0.2) is 31.9 Å². The molecule has 0 radical (unpaired) electrons. The first-order valence-electron chi connectivity index (χ1n) is 10.6. The number of esters is 1. The minimum absolute atomic E-state index is 0.133. The molecule has 0 atom stereocenters. The monoisotopic (exact) mass is 486 g/mol. The molecule has 0 saturated carbocycles. The molecule has 0 aromatic heterocycles. The van der Waals surface area contributed by atoms with Gasteiger partial charge in [-0.25, -0.2) is 0 Å². The Kier molecular flexibility index (Phi) is 10.9. The van der Waals surface area contributed by atoms with Crippen molar-refractivity contribution in [1.29, 1.82) is 5.41 Å². The number of carbonyl (C=O) groups is 1. The Bertz CT molecular complexity index is 879. The third-order valence-electron chi connectivity index (χ3n) is 4.71. The van der Waals surface area contributed by atoms with Crippen molar-refractivity contribution in [3.63, 3.8) is 0 Å². The summed E-state index contributed by atoms with van der Waals surface area (Å²) in [6, 6.07) is 15.7. The number of hydrogen-bond acceptors (Lipinski definition) is 5. The number of halogens is 1. The minimum Gasteiger partial charge on any atom is -0.493 e. The van der Waals surface area contributed by atoms with Gasteiger partial charge in [0.15, 0.2) is 0 Å². The van der Waals surface area contributed by atoms with Gasteiger partial charge >= 0.3 is 5.97 Å². The lowest BCUT2D eigenvalue weighted by atomic mass is 9.96. The van der Waals surface area contributed by atoms with E-state index in [0.717, 1.165) is 46.2 Å². The van der Waals surface area contributed by atoms with Crippen molar-refractivity contribution in [2.24, 2.45) is 0 Å². The Morgan fingerprint density at radius 3 is 2.55 bits per heavy atom. The Labute approximate surface area is 193 Å². The topological polar surface area (TPSA) is 71.4 Å². The van der Waals surface area contributed by atoms with Crippen LogP contribution in [0, 0.1) is 5.41 Å². The average molecular weight is 487 g/mol. The Balaban J connectivity index is 1.95. The molecule has 0 spiro atoms. The molecule has 0 heterocycles.